The first-order valence-electron chi connectivity index (χ1n) is 8.78. The first-order chi connectivity index (χ1) is 13.8. The number of nitrogens with zero attached hydrogens (tertiary/aromatic N) is 3. The van der Waals surface area contributed by atoms with Gasteiger partial charge in [0.25, 0.3) is 5.92 Å². The summed E-state index contributed by atoms with van der Waals surface area (Å²) in [6, 6.07) is 0. The molecule has 4 nitrogen and oxygen atoms in total. The SMILES string of the molecule is CN1C(C2=NC=C(OCC(F)(F)CC(F)(F)F)CC2)=CN2C=C(C(F)(F)F)C=CC21. The highest BCUT2D eigenvalue weighted by molar-refractivity contribution is 6.01. The van der Waals surface area contributed by atoms with Gasteiger partial charge in [0.1, 0.15) is 18.3 Å². The third-order valence-corrected chi connectivity index (χ3v) is 4.61. The summed E-state index contributed by atoms with van der Waals surface area (Å²) in [6.07, 6.45) is -5.89. The second kappa shape index (κ2) is 7.62. The van der Waals surface area contributed by atoms with Crippen LogP contribution in [0.5, 0.6) is 0 Å². The average Bonchev–Trinajstić information content (AvgIpc) is 2.94. The fourth-order valence-corrected chi connectivity index (χ4v) is 3.20. The third-order valence-electron chi connectivity index (χ3n) is 4.61. The van der Waals surface area contributed by atoms with E-state index in [4.69, 9.17) is 4.74 Å². The molecule has 166 valence electrons. The molecule has 0 fully saturated rings. The highest BCUT2D eigenvalue weighted by Gasteiger charge is 2.44. The quantitative estimate of drug-likeness (QED) is 0.554. The number of hydrogen-bond donors (Lipinski definition) is 0. The standard InChI is InChI=1S/C18H17F8N3O/c1-28-14(8-29-7-11(18(24,25)26)2-5-15(28)29)13-4-3-12(6-27-13)30-10-16(19,20)9-17(21,22)23/h2,5-8,15H,3-4,9-10H2,1H3. The van der Waals surface area contributed by atoms with Crippen molar-refractivity contribution >= 4 is 5.71 Å². The fraction of sp³-hybridized carbons (Fsp3) is 0.500. The molecule has 3 aliphatic heterocycles. The number of fused-ring (bicyclic) bond motifs is 1. The molecule has 12 heteroatoms. The van der Waals surface area contributed by atoms with Gasteiger partial charge in [0, 0.05) is 25.9 Å². The number of rotatable bonds is 5. The Morgan fingerprint density at radius 1 is 1.07 bits per heavy atom. The predicted molar refractivity (Wildman–Crippen MR) is 91.1 cm³/mol. The molecule has 3 heterocycles. The van der Waals surface area contributed by atoms with Gasteiger partial charge in [-0.2, -0.15) is 26.3 Å². The normalized spacial score (nSPS) is 22.4. The molecule has 0 saturated carbocycles. The van der Waals surface area contributed by atoms with Crippen molar-refractivity contribution in [3.63, 3.8) is 0 Å². The summed E-state index contributed by atoms with van der Waals surface area (Å²) < 4.78 is 107. The summed E-state index contributed by atoms with van der Waals surface area (Å²) >= 11 is 0. The second-order valence-electron chi connectivity index (χ2n) is 7.04. The van der Waals surface area contributed by atoms with Gasteiger partial charge in [0.15, 0.2) is 6.61 Å². The first-order valence-corrected chi connectivity index (χ1v) is 8.78. The van der Waals surface area contributed by atoms with Crippen LogP contribution in [0.25, 0.3) is 0 Å². The van der Waals surface area contributed by atoms with Crippen molar-refractivity contribution in [2.24, 2.45) is 4.99 Å². The van der Waals surface area contributed by atoms with Gasteiger partial charge in [-0.15, -0.1) is 0 Å². The van der Waals surface area contributed by atoms with Gasteiger partial charge in [-0.1, -0.05) is 0 Å². The van der Waals surface area contributed by atoms with Crippen molar-refractivity contribution in [3.05, 3.63) is 47.8 Å². The summed E-state index contributed by atoms with van der Waals surface area (Å²) in [5, 5.41) is 0. The van der Waals surface area contributed by atoms with E-state index in [2.05, 4.69) is 4.99 Å². The van der Waals surface area contributed by atoms with Gasteiger partial charge in [-0.05, 0) is 18.6 Å². The van der Waals surface area contributed by atoms with Gasteiger partial charge in [0.2, 0.25) is 0 Å². The van der Waals surface area contributed by atoms with Crippen molar-refractivity contribution in [2.75, 3.05) is 13.7 Å². The van der Waals surface area contributed by atoms with Crippen molar-refractivity contribution < 1.29 is 39.9 Å². The van der Waals surface area contributed by atoms with Crippen LogP contribution in [0.15, 0.2) is 52.8 Å². The highest BCUT2D eigenvalue weighted by Crippen LogP contribution is 2.36. The molecule has 3 aliphatic rings. The summed E-state index contributed by atoms with van der Waals surface area (Å²) in [5.41, 5.74) is 0.240. The van der Waals surface area contributed by atoms with E-state index in [1.54, 1.807) is 11.9 Å². The van der Waals surface area contributed by atoms with Crippen molar-refractivity contribution in [2.45, 2.75) is 43.7 Å². The van der Waals surface area contributed by atoms with E-state index < -0.39 is 43.0 Å². The summed E-state index contributed by atoms with van der Waals surface area (Å²) in [4.78, 5) is 7.19. The molecule has 1 atom stereocenters. The van der Waals surface area contributed by atoms with Crippen molar-refractivity contribution in [1.82, 2.24) is 9.80 Å². The number of hydrogen-bond acceptors (Lipinski definition) is 4. The van der Waals surface area contributed by atoms with Crippen molar-refractivity contribution in [1.29, 1.82) is 0 Å². The molecule has 3 rings (SSSR count). The fourth-order valence-electron chi connectivity index (χ4n) is 3.20. The number of aliphatic imine (C=N–C) groups is 1. The number of alkyl halides is 8. The molecule has 0 aliphatic carbocycles. The van der Waals surface area contributed by atoms with E-state index in [0.717, 1.165) is 18.5 Å². The maximum absolute atomic E-state index is 13.3. The van der Waals surface area contributed by atoms with Crippen LogP contribution in [0.1, 0.15) is 19.3 Å². The van der Waals surface area contributed by atoms with Gasteiger partial charge in [-0.25, -0.2) is 8.78 Å². The molecule has 0 aromatic rings. The van der Waals surface area contributed by atoms with Crippen LogP contribution in [0.4, 0.5) is 35.1 Å². The predicted octanol–water partition coefficient (Wildman–Crippen LogP) is 5.10. The minimum Gasteiger partial charge on any atom is -0.490 e. The molecule has 0 aromatic heterocycles. The highest BCUT2D eigenvalue weighted by atomic mass is 19.4. The maximum atomic E-state index is 13.3. The Hall–Kier alpha value is -2.53. The topological polar surface area (TPSA) is 28.1 Å². The molecule has 0 aromatic carbocycles. The van der Waals surface area contributed by atoms with Crippen LogP contribution in [-0.2, 0) is 4.74 Å². The van der Waals surface area contributed by atoms with Crippen LogP contribution in [-0.4, -0.2) is 53.6 Å². The van der Waals surface area contributed by atoms with Crippen LogP contribution in [0.2, 0.25) is 0 Å². The van der Waals surface area contributed by atoms with Crippen LogP contribution in [0, 0.1) is 0 Å². The minimum absolute atomic E-state index is 0.0127. The molecule has 1 unspecified atom stereocenters. The summed E-state index contributed by atoms with van der Waals surface area (Å²) in [5.74, 6) is -4.05. The monoisotopic (exact) mass is 443 g/mol. The summed E-state index contributed by atoms with van der Waals surface area (Å²) in [7, 11) is 1.67. The number of ether oxygens (including phenoxy) is 1. The van der Waals surface area contributed by atoms with Crippen LogP contribution in [0.3, 0.4) is 0 Å². The Labute approximate surface area is 166 Å². The Morgan fingerprint density at radius 2 is 1.77 bits per heavy atom. The largest absolute Gasteiger partial charge is 0.490 e. The van der Waals surface area contributed by atoms with Gasteiger partial charge in [0.05, 0.1) is 23.2 Å². The van der Waals surface area contributed by atoms with Gasteiger partial charge < -0.3 is 14.5 Å². The molecular weight excluding hydrogens is 426 g/mol. The lowest BCUT2D eigenvalue weighted by Gasteiger charge is -2.30. The Kier molecular flexibility index (Phi) is 5.63. The molecule has 0 saturated heterocycles. The van der Waals surface area contributed by atoms with Gasteiger partial charge >= 0.3 is 12.4 Å². The third kappa shape index (κ3) is 5.14. The molecule has 0 N–H and O–H groups in total. The van der Waals surface area contributed by atoms with E-state index in [1.807, 2.05) is 0 Å². The Morgan fingerprint density at radius 3 is 2.33 bits per heavy atom. The number of likely N-dealkylation sites (N-methyl/N-ethyl adjacent to an activating group) is 1. The number of halogens is 8. The lowest BCUT2D eigenvalue weighted by atomic mass is 10.1. The van der Waals surface area contributed by atoms with E-state index in [9.17, 15) is 35.1 Å². The smallest absolute Gasteiger partial charge is 0.417 e. The molecule has 0 radical (unpaired) electrons. The van der Waals surface area contributed by atoms with Crippen LogP contribution >= 0.6 is 0 Å². The molecule has 0 amide bonds. The molecule has 30 heavy (non-hydrogen) atoms. The second-order valence-corrected chi connectivity index (χ2v) is 7.04. The van der Waals surface area contributed by atoms with E-state index in [1.165, 1.54) is 17.2 Å². The van der Waals surface area contributed by atoms with E-state index >= 15 is 0 Å². The maximum Gasteiger partial charge on any atom is 0.417 e. The van der Waals surface area contributed by atoms with Crippen LogP contribution < -0.4 is 0 Å². The van der Waals surface area contributed by atoms with E-state index in [-0.39, 0.29) is 18.6 Å². The Bertz CT molecular complexity index is 835. The molecular formula is C18H17F8N3O. The lowest BCUT2D eigenvalue weighted by Crippen LogP contribution is -2.36. The average molecular weight is 443 g/mol. The molecule has 0 spiro atoms. The van der Waals surface area contributed by atoms with E-state index in [0.29, 0.717) is 11.4 Å². The zero-order chi connectivity index (χ0) is 22.3. The first kappa shape index (κ1) is 22.2. The zero-order valence-corrected chi connectivity index (χ0v) is 15.6. The Balaban J connectivity index is 1.67. The van der Waals surface area contributed by atoms with Gasteiger partial charge in [-0.3, -0.25) is 4.99 Å². The minimum atomic E-state index is -5.01. The number of allylic oxidation sites excluding steroid dienone is 4. The van der Waals surface area contributed by atoms with Crippen molar-refractivity contribution in [3.8, 4) is 0 Å². The zero-order valence-electron chi connectivity index (χ0n) is 15.6. The lowest BCUT2D eigenvalue weighted by molar-refractivity contribution is -0.198. The molecule has 0 bridgehead atoms. The summed E-state index contributed by atoms with van der Waals surface area (Å²) in [6.45, 7) is -1.42.